The molecule has 2 aliphatic rings. The van der Waals surface area contributed by atoms with Crippen LogP contribution in [0, 0.1) is 5.41 Å². The highest BCUT2D eigenvalue weighted by molar-refractivity contribution is 5.73. The van der Waals surface area contributed by atoms with Crippen LogP contribution in [0.15, 0.2) is 0 Å². The largest absolute Gasteiger partial charge is 0.338 e. The van der Waals surface area contributed by atoms with E-state index in [4.69, 9.17) is 0 Å². The fraction of sp³-hybridized carbons (Fsp3) is 0.812. The summed E-state index contributed by atoms with van der Waals surface area (Å²) in [6.45, 7) is 4.66. The standard InChI is InChI=1S/C16H27N5O/c1-2-7-16(8-4-9-16)12-18-15(22)17-10-6-14-20-19-13-5-3-11-21(13)14/h2-12H2,1H3,(H2,17,18,22). The van der Waals surface area contributed by atoms with E-state index in [-0.39, 0.29) is 6.03 Å². The molecule has 0 radical (unpaired) electrons. The molecular formula is C16H27N5O. The Labute approximate surface area is 132 Å². The highest BCUT2D eigenvalue weighted by Gasteiger charge is 2.35. The number of hydrogen-bond donors (Lipinski definition) is 2. The lowest BCUT2D eigenvalue weighted by molar-refractivity contribution is 0.118. The van der Waals surface area contributed by atoms with E-state index in [9.17, 15) is 4.79 Å². The fourth-order valence-electron chi connectivity index (χ4n) is 3.74. The molecule has 1 fully saturated rings. The molecule has 0 atom stereocenters. The first kappa shape index (κ1) is 15.3. The summed E-state index contributed by atoms with van der Waals surface area (Å²) in [5, 5.41) is 14.4. The SMILES string of the molecule is CCCC1(CNC(=O)NCCc2nnc3n2CCC3)CCC1. The van der Waals surface area contributed by atoms with Gasteiger partial charge in [-0.05, 0) is 31.1 Å². The molecular weight excluding hydrogens is 278 g/mol. The number of rotatable bonds is 7. The Hall–Kier alpha value is -1.59. The Morgan fingerprint density at radius 1 is 1.27 bits per heavy atom. The number of nitrogens with zero attached hydrogens (tertiary/aromatic N) is 3. The number of aryl methyl sites for hydroxylation is 1. The van der Waals surface area contributed by atoms with Crippen molar-refractivity contribution in [2.45, 2.75) is 64.8 Å². The minimum Gasteiger partial charge on any atom is -0.338 e. The lowest BCUT2D eigenvalue weighted by atomic mass is 9.66. The van der Waals surface area contributed by atoms with Crippen molar-refractivity contribution in [1.82, 2.24) is 25.4 Å². The normalized spacial score (nSPS) is 18.6. The molecule has 1 aliphatic heterocycles. The highest BCUT2D eigenvalue weighted by Crippen LogP contribution is 2.44. The van der Waals surface area contributed by atoms with Crippen molar-refractivity contribution in [2.24, 2.45) is 5.41 Å². The minimum atomic E-state index is -0.0523. The summed E-state index contributed by atoms with van der Waals surface area (Å²) in [4.78, 5) is 11.9. The average molecular weight is 305 g/mol. The Kier molecular flexibility index (Phi) is 4.64. The van der Waals surface area contributed by atoms with Gasteiger partial charge in [-0.15, -0.1) is 10.2 Å². The third kappa shape index (κ3) is 3.25. The second-order valence-corrected chi connectivity index (χ2v) is 6.75. The lowest BCUT2D eigenvalue weighted by Gasteiger charge is -2.42. The van der Waals surface area contributed by atoms with E-state index in [1.54, 1.807) is 0 Å². The van der Waals surface area contributed by atoms with E-state index in [0.717, 1.165) is 44.0 Å². The van der Waals surface area contributed by atoms with Gasteiger partial charge in [-0.2, -0.15) is 0 Å². The van der Waals surface area contributed by atoms with Gasteiger partial charge in [-0.25, -0.2) is 4.79 Å². The number of nitrogens with one attached hydrogen (secondary N) is 2. The molecule has 3 rings (SSSR count). The third-order valence-electron chi connectivity index (χ3n) is 5.14. The van der Waals surface area contributed by atoms with Crippen LogP contribution in [0.1, 0.15) is 57.1 Å². The van der Waals surface area contributed by atoms with Crippen LogP contribution in [-0.2, 0) is 19.4 Å². The summed E-state index contributed by atoms with van der Waals surface area (Å²) in [5.74, 6) is 2.08. The molecule has 0 spiro atoms. The van der Waals surface area contributed by atoms with Gasteiger partial charge in [0.15, 0.2) is 0 Å². The van der Waals surface area contributed by atoms with E-state index < -0.39 is 0 Å². The third-order valence-corrected chi connectivity index (χ3v) is 5.14. The van der Waals surface area contributed by atoms with Crippen LogP contribution in [-0.4, -0.2) is 33.9 Å². The predicted molar refractivity (Wildman–Crippen MR) is 84.6 cm³/mol. The molecule has 2 N–H and O–H groups in total. The maximum Gasteiger partial charge on any atom is 0.314 e. The molecule has 1 aromatic heterocycles. The number of aromatic nitrogens is 3. The number of urea groups is 1. The second-order valence-electron chi connectivity index (χ2n) is 6.75. The first-order valence-electron chi connectivity index (χ1n) is 8.65. The predicted octanol–water partition coefficient (Wildman–Crippen LogP) is 2.04. The molecule has 6 heteroatoms. The molecule has 1 saturated carbocycles. The number of carbonyl (C=O) groups is 1. The minimum absolute atomic E-state index is 0.0523. The summed E-state index contributed by atoms with van der Waals surface area (Å²) in [7, 11) is 0. The molecule has 0 unspecified atom stereocenters. The maximum atomic E-state index is 11.9. The van der Waals surface area contributed by atoms with Crippen LogP contribution in [0.4, 0.5) is 4.79 Å². The van der Waals surface area contributed by atoms with Crippen molar-refractivity contribution in [3.8, 4) is 0 Å². The number of fused-ring (bicyclic) bond motifs is 1. The van der Waals surface area contributed by atoms with Gasteiger partial charge in [0.25, 0.3) is 0 Å². The van der Waals surface area contributed by atoms with E-state index in [1.807, 2.05) is 0 Å². The van der Waals surface area contributed by atoms with Crippen molar-refractivity contribution < 1.29 is 4.79 Å². The van der Waals surface area contributed by atoms with Crippen LogP contribution in [0.2, 0.25) is 0 Å². The quantitative estimate of drug-likeness (QED) is 0.809. The summed E-state index contributed by atoms with van der Waals surface area (Å²) < 4.78 is 2.18. The topological polar surface area (TPSA) is 71.8 Å². The van der Waals surface area contributed by atoms with Crippen molar-refractivity contribution in [2.75, 3.05) is 13.1 Å². The molecule has 122 valence electrons. The summed E-state index contributed by atoms with van der Waals surface area (Å²) in [6.07, 6.45) is 9.17. The Morgan fingerprint density at radius 2 is 2.14 bits per heavy atom. The lowest BCUT2D eigenvalue weighted by Crippen LogP contribution is -2.46. The number of hydrogen-bond acceptors (Lipinski definition) is 3. The van der Waals surface area contributed by atoms with Crippen molar-refractivity contribution in [1.29, 1.82) is 0 Å². The van der Waals surface area contributed by atoms with Crippen molar-refractivity contribution in [3.05, 3.63) is 11.6 Å². The van der Waals surface area contributed by atoms with Gasteiger partial charge < -0.3 is 15.2 Å². The molecule has 0 aromatic carbocycles. The van der Waals surface area contributed by atoms with E-state index in [0.29, 0.717) is 12.0 Å². The number of amides is 2. The number of carbonyl (C=O) groups excluding carboxylic acids is 1. The summed E-state index contributed by atoms with van der Waals surface area (Å²) in [6, 6.07) is -0.0523. The molecule has 1 aromatic rings. The van der Waals surface area contributed by atoms with Gasteiger partial charge >= 0.3 is 6.03 Å². The Morgan fingerprint density at radius 3 is 2.86 bits per heavy atom. The molecule has 0 bridgehead atoms. The van der Waals surface area contributed by atoms with Gasteiger partial charge in [-0.1, -0.05) is 19.8 Å². The second kappa shape index (κ2) is 6.67. The first-order chi connectivity index (χ1) is 10.7. The van der Waals surface area contributed by atoms with Crippen LogP contribution in [0.3, 0.4) is 0 Å². The Balaban J connectivity index is 1.37. The summed E-state index contributed by atoms with van der Waals surface area (Å²) >= 11 is 0. The van der Waals surface area contributed by atoms with Crippen LogP contribution in [0.25, 0.3) is 0 Å². The van der Waals surface area contributed by atoms with Gasteiger partial charge in [0, 0.05) is 32.5 Å². The summed E-state index contributed by atoms with van der Waals surface area (Å²) in [5.41, 5.74) is 0.375. The monoisotopic (exact) mass is 305 g/mol. The van der Waals surface area contributed by atoms with E-state index >= 15 is 0 Å². The Bertz CT molecular complexity index is 521. The molecule has 2 amide bonds. The maximum absolute atomic E-state index is 11.9. The van der Waals surface area contributed by atoms with Gasteiger partial charge in [0.05, 0.1) is 0 Å². The zero-order valence-electron chi connectivity index (χ0n) is 13.5. The first-order valence-corrected chi connectivity index (χ1v) is 8.65. The van der Waals surface area contributed by atoms with Gasteiger partial charge in [0.2, 0.25) is 0 Å². The van der Waals surface area contributed by atoms with Gasteiger partial charge in [-0.3, -0.25) is 0 Å². The zero-order valence-corrected chi connectivity index (χ0v) is 13.5. The highest BCUT2D eigenvalue weighted by atomic mass is 16.2. The van der Waals surface area contributed by atoms with Crippen LogP contribution in [0.5, 0.6) is 0 Å². The van der Waals surface area contributed by atoms with Crippen molar-refractivity contribution >= 4 is 6.03 Å². The van der Waals surface area contributed by atoms with Crippen LogP contribution >= 0.6 is 0 Å². The van der Waals surface area contributed by atoms with Crippen LogP contribution < -0.4 is 10.6 Å². The molecule has 0 saturated heterocycles. The molecule has 22 heavy (non-hydrogen) atoms. The molecule has 2 heterocycles. The smallest absolute Gasteiger partial charge is 0.314 e. The molecule has 6 nitrogen and oxygen atoms in total. The molecule has 1 aliphatic carbocycles. The average Bonchev–Trinajstić information content (AvgIpc) is 3.06. The van der Waals surface area contributed by atoms with E-state index in [1.165, 1.54) is 32.1 Å². The zero-order chi connectivity index (χ0) is 15.4. The van der Waals surface area contributed by atoms with Crippen molar-refractivity contribution in [3.63, 3.8) is 0 Å². The van der Waals surface area contributed by atoms with Gasteiger partial charge in [0.1, 0.15) is 11.6 Å². The fourth-order valence-corrected chi connectivity index (χ4v) is 3.74. The van der Waals surface area contributed by atoms with E-state index in [2.05, 4.69) is 32.3 Å².